The fourth-order valence-electron chi connectivity index (χ4n) is 20.8. The fourth-order valence-corrected chi connectivity index (χ4v) is 20.8. The summed E-state index contributed by atoms with van der Waals surface area (Å²) < 4.78 is 2.64. The standard InChI is InChI=1S/C119H114BN3/c1-112(2,3)79-52-43-74(44-53-79)91-64-83(116(13,14)15)65-92(75-45-54-80(55-46-75)113(4,5)6)110(91)122-104-62-51-78(73-33-23-22-24-34-73)63-102(104)120-101-61-60-86(121-103-42-32-28-38-90(103)96-71-95-89-37-27-31-41-99(89)119(100(95)72-105(96)121)97-39-29-25-35-87(97)88-36-26-30-40-98(88)119)70-106(101)123(108-69-85(118(19,20)21)68-107(122)109(108)120)111-93(76-47-56-81(57-48-76)114(7,8)9)66-84(117(16,17)18)67-94(111)77-49-58-82(59-50-77)115(10,11)12/h22-72H,1-21H3. The van der Waals surface area contributed by atoms with Crippen LogP contribution in [0.2, 0.25) is 0 Å². The Morgan fingerprint density at radius 3 is 1.01 bits per heavy atom. The van der Waals surface area contributed by atoms with Crippen LogP contribution in [0, 0.1) is 0 Å². The fraction of sp³-hybridized carbons (Fsp3) is 0.244. The molecule has 2 aliphatic heterocycles. The normalized spacial score (nSPS) is 14.1. The van der Waals surface area contributed by atoms with Crippen LogP contribution in [-0.4, -0.2) is 11.3 Å². The van der Waals surface area contributed by atoms with Crippen molar-refractivity contribution in [3.63, 3.8) is 0 Å². The van der Waals surface area contributed by atoms with E-state index in [-0.39, 0.29) is 44.6 Å². The Morgan fingerprint density at radius 1 is 0.220 bits per heavy atom. The SMILES string of the molecule is CC(C)(C)c1ccc(-c2cc(C(C)(C)C)cc(-c3ccc(C(C)(C)C)cc3)c2N2c3ccc(-c4ccccc4)cc3B3c4ccc(-n5c6ccccc6c6cc7c(cc65)C5(c6ccccc6-c6ccccc65)c5ccccc5-7)cc4N(c4c(-c5ccc(C(C)(C)C)cc5)cc(C(C)(C)C)cc4-c4ccc(C(C)(C)C)cc4)c4cc(C(C)(C)C)cc2c43)cc1. The minimum absolute atomic E-state index is 0.0595. The highest BCUT2D eigenvalue weighted by atomic mass is 15.2. The molecule has 0 fully saturated rings. The summed E-state index contributed by atoms with van der Waals surface area (Å²) in [4.78, 5) is 5.58. The molecule has 1 spiro atoms. The van der Waals surface area contributed by atoms with Gasteiger partial charge in [0.15, 0.2) is 0 Å². The number of anilines is 6. The molecule has 0 unspecified atom stereocenters. The summed E-state index contributed by atoms with van der Waals surface area (Å²) in [6.45, 7) is 49.4. The number of hydrogen-bond donors (Lipinski definition) is 0. The Morgan fingerprint density at radius 2 is 0.585 bits per heavy atom. The quantitative estimate of drug-likeness (QED) is 0.141. The molecule has 4 aliphatic rings. The molecule has 1 aromatic heterocycles. The third-order valence-electron chi connectivity index (χ3n) is 27.7. The molecule has 608 valence electrons. The van der Waals surface area contributed by atoms with Gasteiger partial charge in [-0.05, 0) is 244 Å². The van der Waals surface area contributed by atoms with E-state index in [9.17, 15) is 0 Å². The van der Waals surface area contributed by atoms with Gasteiger partial charge in [-0.1, -0.05) is 382 Å². The lowest BCUT2D eigenvalue weighted by atomic mass is 9.33. The molecule has 3 nitrogen and oxygen atoms in total. The number of para-hydroxylation sites is 1. The molecular formula is C119H114BN3. The molecule has 123 heavy (non-hydrogen) atoms. The number of benzene rings is 15. The lowest BCUT2D eigenvalue weighted by Crippen LogP contribution is -2.61. The van der Waals surface area contributed by atoms with Gasteiger partial charge in [-0.25, -0.2) is 0 Å². The van der Waals surface area contributed by atoms with Crippen molar-refractivity contribution >= 4 is 79.0 Å². The van der Waals surface area contributed by atoms with E-state index in [1.807, 2.05) is 0 Å². The Hall–Kier alpha value is -12.2. The zero-order valence-electron chi connectivity index (χ0n) is 75.9. The first kappa shape index (κ1) is 79.3. The van der Waals surface area contributed by atoms with Crippen molar-refractivity contribution in [1.29, 1.82) is 0 Å². The maximum atomic E-state index is 2.81. The Kier molecular flexibility index (Phi) is 18.0. The van der Waals surface area contributed by atoms with Crippen LogP contribution < -0.4 is 26.2 Å². The van der Waals surface area contributed by atoms with E-state index in [0.29, 0.717) is 0 Å². The van der Waals surface area contributed by atoms with Crippen LogP contribution in [0.4, 0.5) is 34.1 Å². The summed E-state index contributed by atoms with van der Waals surface area (Å²) in [5.74, 6) is 0. The van der Waals surface area contributed by atoms with Gasteiger partial charge in [0.2, 0.25) is 0 Å². The first-order chi connectivity index (χ1) is 58.4. The van der Waals surface area contributed by atoms with E-state index in [1.54, 1.807) is 0 Å². The molecule has 0 amide bonds. The zero-order chi connectivity index (χ0) is 85.9. The third-order valence-corrected chi connectivity index (χ3v) is 27.7. The van der Waals surface area contributed by atoms with Crippen LogP contribution >= 0.6 is 0 Å². The number of hydrogen-bond acceptors (Lipinski definition) is 2. The summed E-state index contributed by atoms with van der Waals surface area (Å²) in [5, 5.41) is 2.45. The zero-order valence-corrected chi connectivity index (χ0v) is 75.9. The van der Waals surface area contributed by atoms with Gasteiger partial charge < -0.3 is 14.4 Å². The van der Waals surface area contributed by atoms with E-state index >= 15 is 0 Å². The summed E-state index contributed by atoms with van der Waals surface area (Å²) in [5.41, 5.74) is 43.7. The van der Waals surface area contributed by atoms with E-state index in [1.165, 1.54) is 177 Å². The van der Waals surface area contributed by atoms with Crippen molar-refractivity contribution < 1.29 is 0 Å². The van der Waals surface area contributed by atoms with Gasteiger partial charge in [0.05, 0.1) is 27.8 Å². The highest BCUT2D eigenvalue weighted by Gasteiger charge is 2.53. The van der Waals surface area contributed by atoms with E-state index in [0.717, 1.165) is 39.6 Å². The lowest BCUT2D eigenvalue weighted by Gasteiger charge is -2.47. The van der Waals surface area contributed by atoms with Crippen molar-refractivity contribution in [2.24, 2.45) is 0 Å². The molecule has 0 atom stereocenters. The highest BCUT2D eigenvalue weighted by molar-refractivity contribution is 7.00. The predicted octanol–water partition coefficient (Wildman–Crippen LogP) is 30.6. The van der Waals surface area contributed by atoms with Gasteiger partial charge in [-0.15, -0.1) is 0 Å². The number of aromatic nitrogens is 1. The molecule has 0 saturated carbocycles. The molecule has 0 bridgehead atoms. The van der Waals surface area contributed by atoms with Crippen molar-refractivity contribution in [3.8, 4) is 83.6 Å². The van der Waals surface area contributed by atoms with Crippen LogP contribution in [0.25, 0.3) is 105 Å². The van der Waals surface area contributed by atoms with Crippen LogP contribution in [0.15, 0.2) is 309 Å². The monoisotopic (exact) mass is 1600 g/mol. The Bertz CT molecular complexity index is 6770. The number of nitrogens with zero attached hydrogens (tertiary/aromatic N) is 3. The Balaban J connectivity index is 0.958. The van der Waals surface area contributed by atoms with E-state index < -0.39 is 5.41 Å². The summed E-state index contributed by atoms with van der Waals surface area (Å²) in [7, 11) is 0. The van der Waals surface area contributed by atoms with Crippen molar-refractivity contribution in [3.05, 3.63) is 371 Å². The summed E-state index contributed by atoms with van der Waals surface area (Å²) >= 11 is 0. The smallest absolute Gasteiger partial charge is 0.252 e. The molecule has 20 rings (SSSR count). The average Bonchev–Trinajstić information content (AvgIpc) is 1.53. The largest absolute Gasteiger partial charge is 0.310 e. The number of rotatable bonds is 8. The summed E-state index contributed by atoms with van der Waals surface area (Å²) in [6.07, 6.45) is 0. The minimum Gasteiger partial charge on any atom is -0.310 e. The molecule has 3 heterocycles. The average molecular weight is 1600 g/mol. The molecule has 15 aromatic carbocycles. The van der Waals surface area contributed by atoms with Gasteiger partial charge >= 0.3 is 0 Å². The molecule has 0 saturated heterocycles. The molecular weight excluding hydrogens is 1480 g/mol. The summed E-state index contributed by atoms with van der Waals surface area (Å²) in [6, 6.07) is 123. The minimum atomic E-state index is -0.555. The van der Waals surface area contributed by atoms with Crippen LogP contribution in [0.1, 0.15) is 207 Å². The third kappa shape index (κ3) is 12.8. The van der Waals surface area contributed by atoms with Gasteiger partial charge in [-0.2, -0.15) is 0 Å². The molecule has 0 N–H and O–H groups in total. The van der Waals surface area contributed by atoms with Gasteiger partial charge in [0.25, 0.3) is 6.71 Å². The van der Waals surface area contributed by atoms with Gasteiger partial charge in [-0.3, -0.25) is 0 Å². The van der Waals surface area contributed by atoms with Crippen LogP contribution in [-0.2, 0) is 43.3 Å². The number of fused-ring (bicyclic) bond motifs is 17. The van der Waals surface area contributed by atoms with E-state index in [2.05, 4.69) is 469 Å². The topological polar surface area (TPSA) is 11.4 Å². The van der Waals surface area contributed by atoms with E-state index in [4.69, 9.17) is 0 Å². The lowest BCUT2D eigenvalue weighted by molar-refractivity contribution is 0.589. The van der Waals surface area contributed by atoms with Gasteiger partial charge in [0, 0.05) is 61.5 Å². The van der Waals surface area contributed by atoms with Crippen LogP contribution in [0.3, 0.4) is 0 Å². The van der Waals surface area contributed by atoms with Gasteiger partial charge in [0.1, 0.15) is 0 Å². The first-order valence-electron chi connectivity index (χ1n) is 44.7. The predicted molar refractivity (Wildman–Crippen MR) is 529 cm³/mol. The molecule has 4 heteroatoms. The van der Waals surface area contributed by atoms with Crippen LogP contribution in [0.5, 0.6) is 0 Å². The Labute approximate surface area is 731 Å². The maximum Gasteiger partial charge on any atom is 0.252 e. The van der Waals surface area contributed by atoms with Crippen molar-refractivity contribution in [2.45, 2.75) is 189 Å². The molecule has 16 aromatic rings. The van der Waals surface area contributed by atoms with Crippen molar-refractivity contribution in [2.75, 3.05) is 9.80 Å². The first-order valence-corrected chi connectivity index (χ1v) is 44.7. The second-order valence-corrected chi connectivity index (χ2v) is 43.0. The maximum absolute atomic E-state index is 2.81. The molecule has 0 radical (unpaired) electrons. The van der Waals surface area contributed by atoms with Crippen molar-refractivity contribution in [1.82, 2.24) is 4.57 Å². The second kappa shape index (κ2) is 27.9. The highest BCUT2D eigenvalue weighted by Crippen LogP contribution is 2.64. The molecule has 2 aliphatic carbocycles. The second-order valence-electron chi connectivity index (χ2n) is 43.0.